The molecular formula is C13H18ClFN2O. The predicted octanol–water partition coefficient (Wildman–Crippen LogP) is 2.07. The molecule has 0 unspecified atom stereocenters. The van der Waals surface area contributed by atoms with E-state index in [0.717, 1.165) is 25.9 Å². The molecule has 0 bridgehead atoms. The number of benzene rings is 1. The van der Waals surface area contributed by atoms with Crippen molar-refractivity contribution in [1.82, 2.24) is 10.2 Å². The Balaban J connectivity index is 0.00000162. The molecule has 1 N–H and O–H groups in total. The van der Waals surface area contributed by atoms with Gasteiger partial charge in [-0.1, -0.05) is 6.07 Å². The van der Waals surface area contributed by atoms with Crippen LogP contribution in [0.4, 0.5) is 4.39 Å². The molecule has 1 saturated heterocycles. The Kier molecular flexibility index (Phi) is 5.56. The Hall–Kier alpha value is -1.13. The molecule has 1 atom stereocenters. The van der Waals surface area contributed by atoms with Crippen LogP contribution in [0, 0.1) is 5.82 Å². The number of carbonyl (C=O) groups excluding carboxylic acids is 1. The van der Waals surface area contributed by atoms with Crippen molar-refractivity contribution in [2.45, 2.75) is 18.9 Å². The first-order valence-electron chi connectivity index (χ1n) is 5.92. The molecule has 1 fully saturated rings. The zero-order valence-electron chi connectivity index (χ0n) is 10.4. The van der Waals surface area contributed by atoms with E-state index >= 15 is 0 Å². The number of nitrogens with one attached hydrogen (secondary N) is 1. The van der Waals surface area contributed by atoms with Crippen LogP contribution in [0.2, 0.25) is 0 Å². The van der Waals surface area contributed by atoms with Crippen molar-refractivity contribution in [3.05, 3.63) is 35.6 Å². The summed E-state index contributed by atoms with van der Waals surface area (Å²) in [4.78, 5) is 13.8. The minimum absolute atomic E-state index is 0. The van der Waals surface area contributed by atoms with Crippen LogP contribution in [-0.2, 0) is 0 Å². The number of hydrogen-bond acceptors (Lipinski definition) is 2. The van der Waals surface area contributed by atoms with Crippen molar-refractivity contribution in [3.8, 4) is 0 Å². The molecule has 0 aromatic heterocycles. The summed E-state index contributed by atoms with van der Waals surface area (Å²) in [6.45, 7) is 1.83. The van der Waals surface area contributed by atoms with Gasteiger partial charge in [-0.3, -0.25) is 4.79 Å². The summed E-state index contributed by atoms with van der Waals surface area (Å²) >= 11 is 0. The molecule has 100 valence electrons. The Labute approximate surface area is 113 Å². The molecule has 1 aliphatic heterocycles. The van der Waals surface area contributed by atoms with Crippen molar-refractivity contribution >= 4 is 18.3 Å². The van der Waals surface area contributed by atoms with Crippen LogP contribution in [0.15, 0.2) is 24.3 Å². The van der Waals surface area contributed by atoms with Crippen LogP contribution >= 0.6 is 12.4 Å². The number of halogens is 2. The molecule has 1 aromatic carbocycles. The van der Waals surface area contributed by atoms with E-state index in [-0.39, 0.29) is 30.2 Å². The molecule has 18 heavy (non-hydrogen) atoms. The lowest BCUT2D eigenvalue weighted by Gasteiger charge is -2.31. The van der Waals surface area contributed by atoms with Crippen molar-refractivity contribution in [1.29, 1.82) is 0 Å². The summed E-state index contributed by atoms with van der Waals surface area (Å²) in [6.07, 6.45) is 2.08. The number of rotatable bonds is 2. The summed E-state index contributed by atoms with van der Waals surface area (Å²) in [5, 5.41) is 3.27. The second kappa shape index (κ2) is 6.71. The van der Waals surface area contributed by atoms with Gasteiger partial charge in [0, 0.05) is 25.2 Å². The highest BCUT2D eigenvalue weighted by Gasteiger charge is 2.22. The van der Waals surface area contributed by atoms with Crippen molar-refractivity contribution < 1.29 is 9.18 Å². The number of piperidine rings is 1. The largest absolute Gasteiger partial charge is 0.337 e. The number of nitrogens with zero attached hydrogens (tertiary/aromatic N) is 1. The smallest absolute Gasteiger partial charge is 0.253 e. The van der Waals surface area contributed by atoms with Crippen LogP contribution in [-0.4, -0.2) is 37.0 Å². The molecule has 0 aliphatic carbocycles. The Morgan fingerprint density at radius 2 is 2.28 bits per heavy atom. The first-order chi connectivity index (χ1) is 8.18. The van der Waals surface area contributed by atoms with Crippen LogP contribution in [0.25, 0.3) is 0 Å². The quantitative estimate of drug-likeness (QED) is 0.894. The van der Waals surface area contributed by atoms with Crippen molar-refractivity contribution in [2.24, 2.45) is 0 Å². The molecule has 2 rings (SSSR count). The molecule has 5 heteroatoms. The Morgan fingerprint density at radius 3 is 2.89 bits per heavy atom. The Morgan fingerprint density at radius 1 is 1.50 bits per heavy atom. The lowest BCUT2D eigenvalue weighted by atomic mass is 10.1. The van der Waals surface area contributed by atoms with Gasteiger partial charge >= 0.3 is 0 Å². The van der Waals surface area contributed by atoms with E-state index in [0.29, 0.717) is 5.56 Å². The van der Waals surface area contributed by atoms with E-state index in [1.165, 1.54) is 12.1 Å². The van der Waals surface area contributed by atoms with Gasteiger partial charge in [0.25, 0.3) is 5.91 Å². The normalized spacial score (nSPS) is 18.9. The third-order valence-electron chi connectivity index (χ3n) is 3.21. The topological polar surface area (TPSA) is 32.3 Å². The van der Waals surface area contributed by atoms with Gasteiger partial charge in [0.15, 0.2) is 0 Å². The fourth-order valence-corrected chi connectivity index (χ4v) is 2.15. The molecule has 0 spiro atoms. The highest BCUT2D eigenvalue weighted by Crippen LogP contribution is 2.13. The fraction of sp³-hybridized carbons (Fsp3) is 0.462. The minimum Gasteiger partial charge on any atom is -0.337 e. The van der Waals surface area contributed by atoms with Gasteiger partial charge in [0.2, 0.25) is 0 Å². The van der Waals surface area contributed by atoms with E-state index in [1.54, 1.807) is 24.1 Å². The summed E-state index contributed by atoms with van der Waals surface area (Å²) in [7, 11) is 1.78. The van der Waals surface area contributed by atoms with E-state index in [2.05, 4.69) is 5.32 Å². The standard InChI is InChI=1S/C13H17FN2O.ClH/c1-16(12-6-3-7-15-9-12)13(17)10-4-2-5-11(14)8-10;/h2,4-5,8,12,15H,3,6-7,9H2,1H3;1H/t12-;/m0./s1. The van der Waals surface area contributed by atoms with E-state index in [9.17, 15) is 9.18 Å². The van der Waals surface area contributed by atoms with E-state index in [1.807, 2.05) is 0 Å². The van der Waals surface area contributed by atoms with Crippen molar-refractivity contribution in [3.63, 3.8) is 0 Å². The van der Waals surface area contributed by atoms with Crippen molar-refractivity contribution in [2.75, 3.05) is 20.1 Å². The van der Waals surface area contributed by atoms with Gasteiger partial charge in [-0.15, -0.1) is 12.4 Å². The maximum Gasteiger partial charge on any atom is 0.253 e. The average Bonchev–Trinajstić information content (AvgIpc) is 2.38. The SMILES string of the molecule is CN(C(=O)c1cccc(F)c1)[C@H]1CCCNC1.Cl. The third kappa shape index (κ3) is 3.43. The van der Waals surface area contributed by atoms with Crippen LogP contribution in [0.3, 0.4) is 0 Å². The van der Waals surface area contributed by atoms with Gasteiger partial charge in [0.05, 0.1) is 0 Å². The third-order valence-corrected chi connectivity index (χ3v) is 3.21. The highest BCUT2D eigenvalue weighted by molar-refractivity contribution is 5.94. The van der Waals surface area contributed by atoms with Gasteiger partial charge in [0.1, 0.15) is 5.82 Å². The number of likely N-dealkylation sites (N-methyl/N-ethyl adjacent to an activating group) is 1. The molecule has 0 radical (unpaired) electrons. The first kappa shape index (κ1) is 14.9. The fourth-order valence-electron chi connectivity index (χ4n) is 2.15. The number of hydrogen-bond donors (Lipinski definition) is 1. The van der Waals surface area contributed by atoms with E-state index < -0.39 is 0 Å². The van der Waals surface area contributed by atoms with Gasteiger partial charge < -0.3 is 10.2 Å². The van der Waals surface area contributed by atoms with Crippen LogP contribution < -0.4 is 5.32 Å². The molecule has 0 saturated carbocycles. The van der Waals surface area contributed by atoms with Crippen LogP contribution in [0.1, 0.15) is 23.2 Å². The second-order valence-electron chi connectivity index (χ2n) is 4.43. The maximum atomic E-state index is 13.1. The molecule has 1 aliphatic rings. The molecule has 1 heterocycles. The lowest BCUT2D eigenvalue weighted by molar-refractivity contribution is 0.0708. The van der Waals surface area contributed by atoms with E-state index in [4.69, 9.17) is 0 Å². The van der Waals surface area contributed by atoms with Gasteiger partial charge in [-0.05, 0) is 37.6 Å². The zero-order chi connectivity index (χ0) is 12.3. The summed E-state index contributed by atoms with van der Waals surface area (Å²) in [5.41, 5.74) is 0.415. The summed E-state index contributed by atoms with van der Waals surface area (Å²) in [5.74, 6) is -0.482. The molecular weight excluding hydrogens is 255 g/mol. The molecule has 1 aromatic rings. The number of amides is 1. The van der Waals surface area contributed by atoms with Crippen LogP contribution in [0.5, 0.6) is 0 Å². The highest BCUT2D eigenvalue weighted by atomic mass is 35.5. The first-order valence-corrected chi connectivity index (χ1v) is 5.92. The lowest BCUT2D eigenvalue weighted by Crippen LogP contribution is -2.46. The Bertz CT molecular complexity index is 408. The molecule has 3 nitrogen and oxygen atoms in total. The summed E-state index contributed by atoms with van der Waals surface area (Å²) in [6, 6.07) is 6.06. The van der Waals surface area contributed by atoms with Gasteiger partial charge in [-0.2, -0.15) is 0 Å². The predicted molar refractivity (Wildman–Crippen MR) is 71.6 cm³/mol. The monoisotopic (exact) mass is 272 g/mol. The summed E-state index contributed by atoms with van der Waals surface area (Å²) < 4.78 is 13.1. The maximum absolute atomic E-state index is 13.1. The average molecular weight is 273 g/mol. The minimum atomic E-state index is -0.369. The number of carbonyl (C=O) groups is 1. The zero-order valence-corrected chi connectivity index (χ0v) is 11.2. The van der Waals surface area contributed by atoms with Gasteiger partial charge in [-0.25, -0.2) is 4.39 Å². The molecule has 1 amide bonds. The second-order valence-corrected chi connectivity index (χ2v) is 4.43.